The molecule has 4 nitrogen and oxygen atoms in total. The van der Waals surface area contributed by atoms with Crippen LogP contribution in [0.2, 0.25) is 0 Å². The maximum absolute atomic E-state index is 11.2. The molecule has 80 valence electrons. The molecule has 2 rings (SSSR count). The number of hydrogen-bond acceptors (Lipinski definition) is 3. The van der Waals surface area contributed by atoms with Crippen LogP contribution in [0.1, 0.15) is 30.1 Å². The Hall–Kier alpha value is -1.58. The van der Waals surface area contributed by atoms with Gasteiger partial charge in [-0.3, -0.25) is 4.79 Å². The van der Waals surface area contributed by atoms with Crippen molar-refractivity contribution in [2.45, 2.75) is 25.8 Å². The SMILES string of the molecule is CC1CCCN1c1ncccc1C(N)=O. The summed E-state index contributed by atoms with van der Waals surface area (Å²) in [5.41, 5.74) is 5.84. The fourth-order valence-electron chi connectivity index (χ4n) is 2.07. The molecule has 1 fully saturated rings. The number of carbonyl (C=O) groups is 1. The fourth-order valence-corrected chi connectivity index (χ4v) is 2.07. The van der Waals surface area contributed by atoms with E-state index in [1.807, 2.05) is 0 Å². The number of primary amides is 1. The molecule has 1 aliphatic heterocycles. The van der Waals surface area contributed by atoms with E-state index in [9.17, 15) is 4.79 Å². The average molecular weight is 205 g/mol. The second kappa shape index (κ2) is 3.88. The Kier molecular flexibility index (Phi) is 2.58. The lowest BCUT2D eigenvalue weighted by molar-refractivity contribution is 0.100. The number of nitrogens with zero attached hydrogens (tertiary/aromatic N) is 2. The van der Waals surface area contributed by atoms with Crippen LogP contribution >= 0.6 is 0 Å². The second-order valence-corrected chi connectivity index (χ2v) is 3.92. The van der Waals surface area contributed by atoms with E-state index in [1.165, 1.54) is 0 Å². The van der Waals surface area contributed by atoms with Crippen molar-refractivity contribution in [2.24, 2.45) is 5.73 Å². The van der Waals surface area contributed by atoms with Gasteiger partial charge in [-0.05, 0) is 31.9 Å². The smallest absolute Gasteiger partial charge is 0.252 e. The zero-order valence-corrected chi connectivity index (χ0v) is 8.81. The van der Waals surface area contributed by atoms with E-state index in [4.69, 9.17) is 5.73 Å². The highest BCUT2D eigenvalue weighted by molar-refractivity contribution is 5.97. The Morgan fingerprint density at radius 1 is 1.67 bits per heavy atom. The van der Waals surface area contributed by atoms with Crippen molar-refractivity contribution >= 4 is 11.7 Å². The number of nitrogens with two attached hydrogens (primary N) is 1. The van der Waals surface area contributed by atoms with Gasteiger partial charge in [0.25, 0.3) is 5.91 Å². The molecule has 1 saturated heterocycles. The lowest BCUT2D eigenvalue weighted by atomic mass is 10.2. The topological polar surface area (TPSA) is 59.2 Å². The summed E-state index contributed by atoms with van der Waals surface area (Å²) in [7, 11) is 0. The molecule has 0 spiro atoms. The van der Waals surface area contributed by atoms with E-state index in [0.717, 1.165) is 25.2 Å². The minimum Gasteiger partial charge on any atom is -0.365 e. The molecule has 1 amide bonds. The molecule has 2 heterocycles. The molecule has 1 aromatic rings. The van der Waals surface area contributed by atoms with Crippen molar-refractivity contribution in [1.82, 2.24) is 4.98 Å². The molecule has 0 radical (unpaired) electrons. The van der Waals surface area contributed by atoms with Gasteiger partial charge in [0.1, 0.15) is 5.82 Å². The van der Waals surface area contributed by atoms with Gasteiger partial charge in [-0.15, -0.1) is 0 Å². The fraction of sp³-hybridized carbons (Fsp3) is 0.455. The van der Waals surface area contributed by atoms with Gasteiger partial charge in [0.15, 0.2) is 0 Å². The highest BCUT2D eigenvalue weighted by Gasteiger charge is 2.24. The third-order valence-corrected chi connectivity index (χ3v) is 2.88. The number of anilines is 1. The Bertz CT molecular complexity index is 378. The largest absolute Gasteiger partial charge is 0.365 e. The van der Waals surface area contributed by atoms with Crippen LogP contribution in [0.15, 0.2) is 18.3 Å². The predicted molar refractivity (Wildman–Crippen MR) is 58.8 cm³/mol. The number of amides is 1. The van der Waals surface area contributed by atoms with Gasteiger partial charge in [0, 0.05) is 18.8 Å². The van der Waals surface area contributed by atoms with E-state index >= 15 is 0 Å². The lowest BCUT2D eigenvalue weighted by Gasteiger charge is -2.23. The lowest BCUT2D eigenvalue weighted by Crippen LogP contribution is -2.30. The first-order chi connectivity index (χ1) is 7.20. The Labute approximate surface area is 89.1 Å². The Morgan fingerprint density at radius 3 is 3.07 bits per heavy atom. The Morgan fingerprint density at radius 2 is 2.47 bits per heavy atom. The second-order valence-electron chi connectivity index (χ2n) is 3.92. The van der Waals surface area contributed by atoms with Crippen LogP contribution in [0, 0.1) is 0 Å². The quantitative estimate of drug-likeness (QED) is 0.788. The van der Waals surface area contributed by atoms with Gasteiger partial charge in [0.2, 0.25) is 0 Å². The number of carbonyl (C=O) groups excluding carboxylic acids is 1. The number of rotatable bonds is 2. The number of aromatic nitrogens is 1. The summed E-state index contributed by atoms with van der Waals surface area (Å²) < 4.78 is 0. The van der Waals surface area contributed by atoms with Crippen LogP contribution in [0.3, 0.4) is 0 Å². The molecule has 2 N–H and O–H groups in total. The van der Waals surface area contributed by atoms with Crippen molar-refractivity contribution in [1.29, 1.82) is 0 Å². The first-order valence-corrected chi connectivity index (χ1v) is 5.21. The van der Waals surface area contributed by atoms with Crippen molar-refractivity contribution in [3.05, 3.63) is 23.9 Å². The van der Waals surface area contributed by atoms with Crippen molar-refractivity contribution in [2.75, 3.05) is 11.4 Å². The van der Waals surface area contributed by atoms with Crippen LogP contribution < -0.4 is 10.6 Å². The molecule has 1 unspecified atom stereocenters. The monoisotopic (exact) mass is 205 g/mol. The molecule has 0 bridgehead atoms. The summed E-state index contributed by atoms with van der Waals surface area (Å²) in [5, 5.41) is 0. The first-order valence-electron chi connectivity index (χ1n) is 5.21. The summed E-state index contributed by atoms with van der Waals surface area (Å²) in [6, 6.07) is 3.91. The minimum atomic E-state index is -0.405. The van der Waals surface area contributed by atoms with Crippen LogP contribution in [0.5, 0.6) is 0 Å². The van der Waals surface area contributed by atoms with Gasteiger partial charge in [0.05, 0.1) is 5.56 Å². The molecular formula is C11H15N3O. The third kappa shape index (κ3) is 1.79. The summed E-state index contributed by atoms with van der Waals surface area (Å²) in [5.74, 6) is 0.326. The van der Waals surface area contributed by atoms with Crippen LogP contribution in [0.25, 0.3) is 0 Å². The van der Waals surface area contributed by atoms with Gasteiger partial charge >= 0.3 is 0 Å². The zero-order valence-electron chi connectivity index (χ0n) is 8.81. The molecule has 1 aliphatic rings. The molecule has 1 aromatic heterocycles. The van der Waals surface area contributed by atoms with Gasteiger partial charge in [-0.2, -0.15) is 0 Å². The van der Waals surface area contributed by atoms with Crippen LogP contribution in [-0.2, 0) is 0 Å². The predicted octanol–water partition coefficient (Wildman–Crippen LogP) is 1.17. The summed E-state index contributed by atoms with van der Waals surface area (Å²) in [6.07, 6.45) is 4.00. The normalized spacial score (nSPS) is 20.6. The summed E-state index contributed by atoms with van der Waals surface area (Å²) in [4.78, 5) is 17.7. The molecule has 0 saturated carbocycles. The summed E-state index contributed by atoms with van der Waals surface area (Å²) in [6.45, 7) is 3.10. The molecule has 15 heavy (non-hydrogen) atoms. The molecule has 0 aromatic carbocycles. The molecule has 1 atom stereocenters. The maximum atomic E-state index is 11.2. The summed E-state index contributed by atoms with van der Waals surface area (Å²) >= 11 is 0. The van der Waals surface area contributed by atoms with Crippen LogP contribution in [0.4, 0.5) is 5.82 Å². The number of hydrogen-bond donors (Lipinski definition) is 1. The standard InChI is InChI=1S/C11H15N3O/c1-8-4-3-7-14(8)11-9(10(12)15)5-2-6-13-11/h2,5-6,8H,3-4,7H2,1H3,(H2,12,15). The van der Waals surface area contributed by atoms with Crippen molar-refractivity contribution in [3.8, 4) is 0 Å². The highest BCUT2D eigenvalue weighted by Crippen LogP contribution is 2.25. The van der Waals surface area contributed by atoms with Crippen molar-refractivity contribution < 1.29 is 4.79 Å². The van der Waals surface area contributed by atoms with Gasteiger partial charge in [-0.1, -0.05) is 0 Å². The Balaban J connectivity index is 2.38. The first kappa shape index (κ1) is 9.96. The van der Waals surface area contributed by atoms with E-state index in [0.29, 0.717) is 11.6 Å². The van der Waals surface area contributed by atoms with Gasteiger partial charge in [-0.25, -0.2) is 4.98 Å². The minimum absolute atomic E-state index is 0.405. The maximum Gasteiger partial charge on any atom is 0.252 e. The number of pyridine rings is 1. The molecular weight excluding hydrogens is 190 g/mol. The van der Waals surface area contributed by atoms with Crippen molar-refractivity contribution in [3.63, 3.8) is 0 Å². The average Bonchev–Trinajstić information content (AvgIpc) is 2.64. The van der Waals surface area contributed by atoms with E-state index in [2.05, 4.69) is 16.8 Å². The zero-order chi connectivity index (χ0) is 10.8. The van der Waals surface area contributed by atoms with E-state index in [1.54, 1.807) is 18.3 Å². The van der Waals surface area contributed by atoms with Gasteiger partial charge < -0.3 is 10.6 Å². The van der Waals surface area contributed by atoms with E-state index < -0.39 is 5.91 Å². The molecule has 4 heteroatoms. The third-order valence-electron chi connectivity index (χ3n) is 2.88. The van der Waals surface area contributed by atoms with Crippen LogP contribution in [-0.4, -0.2) is 23.5 Å². The highest BCUT2D eigenvalue weighted by atomic mass is 16.1. The van der Waals surface area contributed by atoms with E-state index in [-0.39, 0.29) is 0 Å². The molecule has 0 aliphatic carbocycles.